The second kappa shape index (κ2) is 7.94. The largest absolute Gasteiger partial charge is 0.302 e. The molecule has 2 amide bonds. The Morgan fingerprint density at radius 3 is 2.54 bits per heavy atom. The molecule has 2 aromatic rings. The highest BCUT2D eigenvalue weighted by Crippen LogP contribution is 2.28. The van der Waals surface area contributed by atoms with E-state index in [-0.39, 0.29) is 29.3 Å². The number of carbonyl (C=O) groups excluding carboxylic acids is 2. The molecule has 0 unspecified atom stereocenters. The van der Waals surface area contributed by atoms with E-state index in [1.54, 1.807) is 18.2 Å². The van der Waals surface area contributed by atoms with Crippen molar-refractivity contribution in [3.63, 3.8) is 0 Å². The Labute approximate surface area is 163 Å². The number of benzene rings is 1. The highest BCUT2D eigenvalue weighted by Gasteiger charge is 2.30. The summed E-state index contributed by atoms with van der Waals surface area (Å²) in [6.07, 6.45) is 1.72. The van der Waals surface area contributed by atoms with E-state index in [1.807, 2.05) is 0 Å². The normalized spacial score (nSPS) is 13.2. The summed E-state index contributed by atoms with van der Waals surface area (Å²) in [5.41, 5.74) is 5.37. The Hall–Kier alpha value is -2.30. The SMILES string of the molecule is O=C(Cn1nnc(-c2cc(Cl)cc(Cl)c2)n1)NNC(=S)NC(=O)C1CC1. The molecule has 26 heavy (non-hydrogen) atoms. The van der Waals surface area contributed by atoms with Gasteiger partial charge < -0.3 is 5.32 Å². The number of hydrazine groups is 1. The number of thiocarbonyl (C=S) groups is 1. The molecular weight excluding hydrogens is 401 g/mol. The smallest absolute Gasteiger partial charge is 0.262 e. The Bertz CT molecular complexity index is 848. The molecule has 1 aliphatic carbocycles. The third-order valence-corrected chi connectivity index (χ3v) is 4.00. The molecule has 1 saturated carbocycles. The number of halogens is 2. The Balaban J connectivity index is 1.51. The molecule has 1 aromatic carbocycles. The number of nitrogens with one attached hydrogen (secondary N) is 3. The molecule has 12 heteroatoms. The number of carbonyl (C=O) groups is 2. The molecule has 1 fully saturated rings. The minimum Gasteiger partial charge on any atom is -0.302 e. The summed E-state index contributed by atoms with van der Waals surface area (Å²) in [4.78, 5) is 24.5. The number of tetrazole rings is 1. The van der Waals surface area contributed by atoms with Crippen molar-refractivity contribution in [3.8, 4) is 11.4 Å². The molecule has 0 saturated heterocycles. The lowest BCUT2D eigenvalue weighted by Crippen LogP contribution is -2.49. The number of hydrogen-bond acceptors (Lipinski definition) is 6. The van der Waals surface area contributed by atoms with Crippen LogP contribution in [0.25, 0.3) is 11.4 Å². The van der Waals surface area contributed by atoms with Crippen LogP contribution in [-0.2, 0) is 16.1 Å². The van der Waals surface area contributed by atoms with Crippen LogP contribution in [0.1, 0.15) is 12.8 Å². The van der Waals surface area contributed by atoms with Crippen molar-refractivity contribution in [2.75, 3.05) is 0 Å². The molecule has 9 nitrogen and oxygen atoms in total. The van der Waals surface area contributed by atoms with E-state index in [9.17, 15) is 9.59 Å². The van der Waals surface area contributed by atoms with E-state index in [2.05, 4.69) is 31.6 Å². The van der Waals surface area contributed by atoms with E-state index in [0.29, 0.717) is 15.6 Å². The maximum atomic E-state index is 11.9. The lowest BCUT2D eigenvalue weighted by atomic mass is 10.2. The average molecular weight is 414 g/mol. The third kappa shape index (κ3) is 5.10. The molecule has 0 spiro atoms. The van der Waals surface area contributed by atoms with Crippen molar-refractivity contribution in [2.24, 2.45) is 5.92 Å². The van der Waals surface area contributed by atoms with E-state index < -0.39 is 5.91 Å². The molecule has 3 N–H and O–H groups in total. The minimum absolute atomic E-state index is 0.0169. The van der Waals surface area contributed by atoms with Gasteiger partial charge in [0, 0.05) is 21.5 Å². The fraction of sp³-hybridized carbons (Fsp3) is 0.286. The van der Waals surface area contributed by atoms with Gasteiger partial charge in [-0.15, -0.1) is 10.2 Å². The summed E-state index contributed by atoms with van der Waals surface area (Å²) in [7, 11) is 0. The van der Waals surface area contributed by atoms with Gasteiger partial charge in [-0.25, -0.2) is 0 Å². The van der Waals surface area contributed by atoms with Crippen molar-refractivity contribution < 1.29 is 9.59 Å². The molecule has 0 radical (unpaired) electrons. The average Bonchev–Trinajstić information content (AvgIpc) is 3.32. The lowest BCUT2D eigenvalue weighted by molar-refractivity contribution is -0.123. The van der Waals surface area contributed by atoms with Crippen LogP contribution >= 0.6 is 35.4 Å². The van der Waals surface area contributed by atoms with Crippen molar-refractivity contribution >= 4 is 52.3 Å². The third-order valence-electron chi connectivity index (χ3n) is 3.36. The van der Waals surface area contributed by atoms with Crippen LogP contribution in [0, 0.1) is 5.92 Å². The van der Waals surface area contributed by atoms with E-state index in [4.69, 9.17) is 35.4 Å². The molecule has 1 aromatic heterocycles. The van der Waals surface area contributed by atoms with E-state index >= 15 is 0 Å². The van der Waals surface area contributed by atoms with Gasteiger partial charge in [0.2, 0.25) is 11.7 Å². The quantitative estimate of drug-likeness (QED) is 0.507. The van der Waals surface area contributed by atoms with Gasteiger partial charge in [0.15, 0.2) is 5.11 Å². The zero-order valence-corrected chi connectivity index (χ0v) is 15.5. The first-order valence-electron chi connectivity index (χ1n) is 7.54. The van der Waals surface area contributed by atoms with Crippen molar-refractivity contribution in [1.82, 2.24) is 36.4 Å². The standard InChI is InChI=1S/C14H13Cl2N7O2S/c15-9-3-8(4-10(16)5-9)12-19-22-23(21-12)6-11(24)18-20-14(26)17-13(25)7-1-2-7/h3-5,7H,1-2,6H2,(H,18,24)(H2,17,20,25,26). The highest BCUT2D eigenvalue weighted by molar-refractivity contribution is 7.80. The van der Waals surface area contributed by atoms with Crippen molar-refractivity contribution in [1.29, 1.82) is 0 Å². The minimum atomic E-state index is -0.471. The Morgan fingerprint density at radius 1 is 1.19 bits per heavy atom. The van der Waals surface area contributed by atoms with Gasteiger partial charge in [0.25, 0.3) is 5.91 Å². The Kier molecular flexibility index (Phi) is 5.64. The van der Waals surface area contributed by atoms with Crippen LogP contribution in [0.2, 0.25) is 10.0 Å². The molecule has 0 atom stereocenters. The summed E-state index contributed by atoms with van der Waals surface area (Å²) in [5.74, 6) is -0.328. The number of amides is 2. The van der Waals surface area contributed by atoms with Crippen molar-refractivity contribution in [2.45, 2.75) is 19.4 Å². The summed E-state index contributed by atoms with van der Waals surface area (Å²) in [6.45, 7) is -0.201. The van der Waals surface area contributed by atoms with Crippen LogP contribution in [0.15, 0.2) is 18.2 Å². The second-order valence-corrected chi connectivity index (χ2v) is 6.85. The van der Waals surface area contributed by atoms with Crippen LogP contribution in [0.4, 0.5) is 0 Å². The highest BCUT2D eigenvalue weighted by atomic mass is 35.5. The number of rotatable bonds is 4. The molecule has 0 bridgehead atoms. The molecule has 136 valence electrons. The van der Waals surface area contributed by atoms with Gasteiger partial charge in [0.1, 0.15) is 6.54 Å². The summed E-state index contributed by atoms with van der Waals surface area (Å²) in [5, 5.41) is 15.1. The first-order valence-corrected chi connectivity index (χ1v) is 8.71. The van der Waals surface area contributed by atoms with Gasteiger partial charge in [0.05, 0.1) is 0 Å². The first-order chi connectivity index (χ1) is 12.4. The lowest BCUT2D eigenvalue weighted by Gasteiger charge is -2.09. The first kappa shape index (κ1) is 18.5. The molecule has 3 rings (SSSR count). The monoisotopic (exact) mass is 413 g/mol. The Morgan fingerprint density at radius 2 is 1.88 bits per heavy atom. The van der Waals surface area contributed by atoms with Crippen LogP contribution in [0.3, 0.4) is 0 Å². The molecule has 1 heterocycles. The fourth-order valence-corrected chi connectivity index (χ4v) is 2.67. The second-order valence-electron chi connectivity index (χ2n) is 5.57. The zero-order chi connectivity index (χ0) is 18.7. The van der Waals surface area contributed by atoms with Crippen LogP contribution in [-0.4, -0.2) is 37.1 Å². The fourth-order valence-electron chi connectivity index (χ4n) is 1.99. The number of aromatic nitrogens is 4. The maximum Gasteiger partial charge on any atom is 0.262 e. The van der Waals surface area contributed by atoms with Gasteiger partial charge >= 0.3 is 0 Å². The summed E-state index contributed by atoms with van der Waals surface area (Å²) in [6, 6.07) is 4.86. The summed E-state index contributed by atoms with van der Waals surface area (Å²) >= 11 is 16.8. The van der Waals surface area contributed by atoms with E-state index in [1.165, 1.54) is 0 Å². The van der Waals surface area contributed by atoms with Crippen molar-refractivity contribution in [3.05, 3.63) is 28.2 Å². The molecule has 1 aliphatic rings. The molecule has 0 aliphatic heterocycles. The van der Waals surface area contributed by atoms with Crippen LogP contribution < -0.4 is 16.2 Å². The number of hydrogen-bond donors (Lipinski definition) is 3. The zero-order valence-electron chi connectivity index (χ0n) is 13.2. The van der Waals surface area contributed by atoms with Gasteiger partial charge in [-0.1, -0.05) is 23.2 Å². The number of nitrogens with zero attached hydrogens (tertiary/aromatic N) is 4. The van der Waals surface area contributed by atoms with Crippen LogP contribution in [0.5, 0.6) is 0 Å². The van der Waals surface area contributed by atoms with Gasteiger partial charge in [-0.2, -0.15) is 4.80 Å². The predicted octanol–water partition coefficient (Wildman–Crippen LogP) is 1.08. The van der Waals surface area contributed by atoms with E-state index in [0.717, 1.165) is 17.6 Å². The summed E-state index contributed by atoms with van der Waals surface area (Å²) < 4.78 is 0. The van der Waals surface area contributed by atoms with Gasteiger partial charge in [-0.3, -0.25) is 20.4 Å². The van der Waals surface area contributed by atoms with Gasteiger partial charge in [-0.05, 0) is 48.5 Å². The maximum absolute atomic E-state index is 11.9. The predicted molar refractivity (Wildman–Crippen MR) is 98.0 cm³/mol. The molecular formula is C14H13Cl2N7O2S. The topological polar surface area (TPSA) is 114 Å².